The lowest BCUT2D eigenvalue weighted by atomic mass is 10.4. The van der Waals surface area contributed by atoms with Gasteiger partial charge in [-0.25, -0.2) is 0 Å². The van der Waals surface area contributed by atoms with E-state index in [1.807, 2.05) is 0 Å². The Labute approximate surface area is 98.8 Å². The highest BCUT2D eigenvalue weighted by Gasteiger charge is 2.12. The van der Waals surface area contributed by atoms with Gasteiger partial charge in [-0.15, -0.1) is 0 Å². The monoisotopic (exact) mass is 229 g/mol. The zero-order chi connectivity index (χ0) is 11.1. The molecule has 0 bridgehead atoms. The summed E-state index contributed by atoms with van der Waals surface area (Å²) in [5.41, 5.74) is 0. The molecule has 1 aliphatic rings. The molecule has 0 unspecified atom stereocenters. The Morgan fingerprint density at radius 3 is 2.67 bits per heavy atom. The lowest BCUT2D eigenvalue weighted by molar-refractivity contribution is 0.306. The summed E-state index contributed by atoms with van der Waals surface area (Å²) in [6, 6.07) is 0. The van der Waals surface area contributed by atoms with E-state index in [2.05, 4.69) is 29.1 Å². The zero-order valence-corrected chi connectivity index (χ0v) is 10.8. The molecule has 0 saturated carbocycles. The molecule has 0 radical (unpaired) electrons. The highest BCUT2D eigenvalue weighted by Crippen LogP contribution is 2.06. The van der Waals surface area contributed by atoms with Crippen molar-refractivity contribution in [3.63, 3.8) is 0 Å². The average molecular weight is 229 g/mol. The molecule has 0 aromatic heterocycles. The fraction of sp³-hybridized carbons (Fsp3) is 0.909. The lowest BCUT2D eigenvalue weighted by Crippen LogP contribution is -2.41. The van der Waals surface area contributed by atoms with Gasteiger partial charge in [0.25, 0.3) is 0 Å². The standard InChI is InChI=1S/C11H23N3S/c1-3-6-12-11(15)13(2)9-10-14-7-4-5-8-14/h3-10H2,1-2H3,(H,12,15). The Morgan fingerprint density at radius 1 is 1.40 bits per heavy atom. The zero-order valence-electron chi connectivity index (χ0n) is 9.96. The van der Waals surface area contributed by atoms with Gasteiger partial charge in [-0.3, -0.25) is 0 Å². The van der Waals surface area contributed by atoms with Crippen LogP contribution in [0.1, 0.15) is 26.2 Å². The highest BCUT2D eigenvalue weighted by molar-refractivity contribution is 7.80. The Morgan fingerprint density at radius 2 is 2.07 bits per heavy atom. The first-order chi connectivity index (χ1) is 7.24. The number of nitrogens with one attached hydrogen (secondary N) is 1. The smallest absolute Gasteiger partial charge is 0.168 e. The van der Waals surface area contributed by atoms with E-state index in [0.717, 1.165) is 31.2 Å². The maximum atomic E-state index is 5.28. The largest absolute Gasteiger partial charge is 0.363 e. The minimum atomic E-state index is 0.885. The van der Waals surface area contributed by atoms with Crippen LogP contribution in [0.25, 0.3) is 0 Å². The quantitative estimate of drug-likeness (QED) is 0.716. The maximum Gasteiger partial charge on any atom is 0.168 e. The van der Waals surface area contributed by atoms with Crippen LogP contribution in [0.3, 0.4) is 0 Å². The first-order valence-corrected chi connectivity index (χ1v) is 6.36. The summed E-state index contributed by atoms with van der Waals surface area (Å²) in [7, 11) is 2.07. The summed E-state index contributed by atoms with van der Waals surface area (Å²) in [6.07, 6.45) is 3.85. The van der Waals surface area contributed by atoms with E-state index < -0.39 is 0 Å². The summed E-state index contributed by atoms with van der Waals surface area (Å²) in [5, 5.41) is 4.13. The van der Waals surface area contributed by atoms with Crippen LogP contribution in [0.4, 0.5) is 0 Å². The van der Waals surface area contributed by atoms with Crippen LogP contribution in [-0.4, -0.2) is 54.7 Å². The molecule has 0 aliphatic carbocycles. The van der Waals surface area contributed by atoms with Crippen molar-refractivity contribution in [2.24, 2.45) is 0 Å². The third kappa shape index (κ3) is 4.80. The van der Waals surface area contributed by atoms with Crippen molar-refractivity contribution in [2.75, 3.05) is 39.8 Å². The summed E-state index contributed by atoms with van der Waals surface area (Å²) in [4.78, 5) is 4.66. The minimum Gasteiger partial charge on any atom is -0.363 e. The third-order valence-electron chi connectivity index (χ3n) is 2.82. The van der Waals surface area contributed by atoms with Crippen LogP contribution in [0.2, 0.25) is 0 Å². The molecule has 1 aliphatic heterocycles. The third-order valence-corrected chi connectivity index (χ3v) is 3.28. The summed E-state index contributed by atoms with van der Waals surface area (Å²) in [6.45, 7) is 7.85. The fourth-order valence-corrected chi connectivity index (χ4v) is 1.96. The van der Waals surface area contributed by atoms with Gasteiger partial charge in [0.15, 0.2) is 5.11 Å². The van der Waals surface area contributed by atoms with Gasteiger partial charge >= 0.3 is 0 Å². The number of likely N-dealkylation sites (N-methyl/N-ethyl adjacent to an activating group) is 1. The number of rotatable bonds is 5. The van der Waals surface area contributed by atoms with Crippen molar-refractivity contribution in [1.82, 2.24) is 15.1 Å². The van der Waals surface area contributed by atoms with Crippen LogP contribution in [-0.2, 0) is 0 Å². The predicted molar refractivity (Wildman–Crippen MR) is 69.2 cm³/mol. The van der Waals surface area contributed by atoms with Gasteiger partial charge in [-0.2, -0.15) is 0 Å². The van der Waals surface area contributed by atoms with Crippen molar-refractivity contribution in [1.29, 1.82) is 0 Å². The molecule has 1 fully saturated rings. The molecule has 88 valence electrons. The summed E-state index contributed by atoms with van der Waals surface area (Å²) in [5.74, 6) is 0. The van der Waals surface area contributed by atoms with E-state index in [4.69, 9.17) is 12.2 Å². The van der Waals surface area contributed by atoms with Crippen molar-refractivity contribution in [3.05, 3.63) is 0 Å². The second-order valence-corrected chi connectivity index (χ2v) is 4.59. The molecule has 15 heavy (non-hydrogen) atoms. The van der Waals surface area contributed by atoms with Gasteiger partial charge in [0.1, 0.15) is 0 Å². The van der Waals surface area contributed by atoms with E-state index in [0.29, 0.717) is 0 Å². The summed E-state index contributed by atoms with van der Waals surface area (Å²) >= 11 is 5.28. The molecule has 1 rings (SSSR count). The summed E-state index contributed by atoms with van der Waals surface area (Å²) < 4.78 is 0. The lowest BCUT2D eigenvalue weighted by Gasteiger charge is -2.23. The topological polar surface area (TPSA) is 18.5 Å². The van der Waals surface area contributed by atoms with Crippen molar-refractivity contribution < 1.29 is 0 Å². The van der Waals surface area contributed by atoms with Crippen LogP contribution >= 0.6 is 12.2 Å². The van der Waals surface area contributed by atoms with Gasteiger partial charge in [0.05, 0.1) is 0 Å². The van der Waals surface area contributed by atoms with Gasteiger partial charge < -0.3 is 15.1 Å². The molecule has 0 atom stereocenters. The Hall–Kier alpha value is -0.350. The molecule has 3 nitrogen and oxygen atoms in total. The molecule has 4 heteroatoms. The highest BCUT2D eigenvalue weighted by atomic mass is 32.1. The molecule has 1 heterocycles. The number of likely N-dealkylation sites (tertiary alicyclic amines) is 1. The van der Waals surface area contributed by atoms with Gasteiger partial charge in [0.2, 0.25) is 0 Å². The van der Waals surface area contributed by atoms with E-state index in [1.54, 1.807) is 0 Å². The molecular weight excluding hydrogens is 206 g/mol. The molecule has 0 amide bonds. The van der Waals surface area contributed by atoms with E-state index >= 15 is 0 Å². The number of nitrogens with zero attached hydrogens (tertiary/aromatic N) is 2. The SMILES string of the molecule is CCCNC(=S)N(C)CCN1CCCC1. The molecular formula is C11H23N3S. The Balaban J connectivity index is 2.10. The predicted octanol–water partition coefficient (Wildman–Crippen LogP) is 1.30. The molecule has 0 aromatic carbocycles. The minimum absolute atomic E-state index is 0.885. The number of thiocarbonyl (C=S) groups is 1. The van der Waals surface area contributed by atoms with Crippen LogP contribution in [0, 0.1) is 0 Å². The van der Waals surface area contributed by atoms with Crippen molar-refractivity contribution >= 4 is 17.3 Å². The molecule has 0 aromatic rings. The number of hydrogen-bond donors (Lipinski definition) is 1. The first-order valence-electron chi connectivity index (χ1n) is 5.95. The Kier molecular flexibility index (Phi) is 5.95. The molecule has 1 N–H and O–H groups in total. The van der Waals surface area contributed by atoms with Crippen molar-refractivity contribution in [3.8, 4) is 0 Å². The second kappa shape index (κ2) is 7.01. The first kappa shape index (κ1) is 12.7. The maximum absolute atomic E-state index is 5.28. The fourth-order valence-electron chi connectivity index (χ4n) is 1.77. The Bertz CT molecular complexity index is 190. The number of hydrogen-bond acceptors (Lipinski definition) is 2. The molecule has 1 saturated heterocycles. The van der Waals surface area contributed by atoms with Crippen LogP contribution in [0.15, 0.2) is 0 Å². The van der Waals surface area contributed by atoms with Gasteiger partial charge in [0, 0.05) is 26.7 Å². The second-order valence-electron chi connectivity index (χ2n) is 4.20. The van der Waals surface area contributed by atoms with E-state index in [1.165, 1.54) is 25.9 Å². The van der Waals surface area contributed by atoms with Crippen LogP contribution < -0.4 is 5.32 Å². The molecule has 0 spiro atoms. The average Bonchev–Trinajstić information content (AvgIpc) is 2.75. The van der Waals surface area contributed by atoms with Gasteiger partial charge in [-0.1, -0.05) is 6.92 Å². The normalized spacial score (nSPS) is 16.7. The van der Waals surface area contributed by atoms with Gasteiger partial charge in [-0.05, 0) is 44.6 Å². The van der Waals surface area contributed by atoms with E-state index in [-0.39, 0.29) is 0 Å². The van der Waals surface area contributed by atoms with Crippen molar-refractivity contribution in [2.45, 2.75) is 26.2 Å². The van der Waals surface area contributed by atoms with Crippen LogP contribution in [0.5, 0.6) is 0 Å². The van der Waals surface area contributed by atoms with E-state index in [9.17, 15) is 0 Å².